The van der Waals surface area contributed by atoms with Crippen LogP contribution in [0.3, 0.4) is 0 Å². The standard InChI is InChI=1S/C23H27F3N4O2/c1-32-18(16-5-3-2-4-6-16)14-30-19(23(24,25)26)9-10-28-21(31)12-20(27-22(28)30)29-13-15-7-8-17(29)11-15/h2-6,12,15,17-19H,7-11,13-14H2,1H3/t15-,17+,18+,19-/m0/s1. The number of benzene rings is 1. The molecule has 0 N–H and O–H groups in total. The number of piperidine rings is 1. The van der Waals surface area contributed by atoms with Crippen molar-refractivity contribution in [1.29, 1.82) is 0 Å². The molecule has 32 heavy (non-hydrogen) atoms. The molecule has 6 nitrogen and oxygen atoms in total. The van der Waals surface area contributed by atoms with Gasteiger partial charge in [-0.25, -0.2) is 0 Å². The summed E-state index contributed by atoms with van der Waals surface area (Å²) < 4.78 is 49.1. The summed E-state index contributed by atoms with van der Waals surface area (Å²) in [7, 11) is 1.49. The molecule has 1 aromatic heterocycles. The van der Waals surface area contributed by atoms with Gasteiger partial charge in [-0.3, -0.25) is 9.36 Å². The first-order chi connectivity index (χ1) is 15.3. The topological polar surface area (TPSA) is 50.6 Å². The summed E-state index contributed by atoms with van der Waals surface area (Å²) in [6.07, 6.45) is -1.96. The van der Waals surface area contributed by atoms with Crippen molar-refractivity contribution >= 4 is 11.8 Å². The van der Waals surface area contributed by atoms with Crippen molar-refractivity contribution in [3.63, 3.8) is 0 Å². The van der Waals surface area contributed by atoms with E-state index in [0.717, 1.165) is 24.9 Å². The Balaban J connectivity index is 1.55. The van der Waals surface area contributed by atoms with Gasteiger partial charge in [0.15, 0.2) is 0 Å². The monoisotopic (exact) mass is 448 g/mol. The highest BCUT2D eigenvalue weighted by molar-refractivity contribution is 5.49. The number of nitrogens with zero attached hydrogens (tertiary/aromatic N) is 4. The lowest BCUT2D eigenvalue weighted by Crippen LogP contribution is -2.54. The van der Waals surface area contributed by atoms with Crippen LogP contribution in [0, 0.1) is 5.92 Å². The van der Waals surface area contributed by atoms with Crippen molar-refractivity contribution < 1.29 is 17.9 Å². The van der Waals surface area contributed by atoms with Gasteiger partial charge in [-0.2, -0.15) is 18.2 Å². The van der Waals surface area contributed by atoms with Crippen LogP contribution >= 0.6 is 0 Å². The Morgan fingerprint density at radius 3 is 2.59 bits per heavy atom. The smallest absolute Gasteiger partial charge is 0.375 e. The summed E-state index contributed by atoms with van der Waals surface area (Å²) in [6.45, 7) is 0.762. The Kier molecular flexibility index (Phi) is 5.39. The molecule has 2 bridgehead atoms. The normalized spacial score (nSPS) is 25.8. The number of hydrogen-bond acceptors (Lipinski definition) is 5. The fourth-order valence-electron chi connectivity index (χ4n) is 5.52. The maximum atomic E-state index is 14.1. The summed E-state index contributed by atoms with van der Waals surface area (Å²) in [5.74, 6) is 1.16. The van der Waals surface area contributed by atoms with E-state index in [1.54, 1.807) is 0 Å². The minimum atomic E-state index is -4.44. The molecule has 3 heterocycles. The molecule has 0 unspecified atom stereocenters. The maximum absolute atomic E-state index is 14.1. The first kappa shape index (κ1) is 21.3. The molecule has 1 aromatic carbocycles. The molecular weight excluding hydrogens is 421 g/mol. The minimum Gasteiger partial charge on any atom is -0.375 e. The largest absolute Gasteiger partial charge is 0.408 e. The van der Waals surface area contributed by atoms with Crippen LogP contribution in [0.25, 0.3) is 0 Å². The predicted octanol–water partition coefficient (Wildman–Crippen LogP) is 3.76. The third-order valence-electron chi connectivity index (χ3n) is 7.13. The Hall–Kier alpha value is -2.55. The van der Waals surface area contributed by atoms with Crippen LogP contribution < -0.4 is 15.4 Å². The second kappa shape index (κ2) is 8.10. The fraction of sp³-hybridized carbons (Fsp3) is 0.565. The van der Waals surface area contributed by atoms with E-state index in [2.05, 4.69) is 9.88 Å². The first-order valence-electron chi connectivity index (χ1n) is 11.1. The van der Waals surface area contributed by atoms with Gasteiger partial charge in [-0.1, -0.05) is 30.3 Å². The Morgan fingerprint density at radius 2 is 1.97 bits per heavy atom. The van der Waals surface area contributed by atoms with Crippen LogP contribution in [0.5, 0.6) is 0 Å². The van der Waals surface area contributed by atoms with Crippen molar-refractivity contribution in [3.8, 4) is 0 Å². The first-order valence-corrected chi connectivity index (χ1v) is 11.1. The maximum Gasteiger partial charge on any atom is 0.408 e. The van der Waals surface area contributed by atoms with Crippen LogP contribution in [0.15, 0.2) is 41.2 Å². The van der Waals surface area contributed by atoms with Crippen LogP contribution in [-0.4, -0.2) is 48.0 Å². The summed E-state index contributed by atoms with van der Waals surface area (Å²) in [5.41, 5.74) is 0.482. The van der Waals surface area contributed by atoms with Crippen molar-refractivity contribution in [2.75, 3.05) is 30.0 Å². The number of anilines is 2. The van der Waals surface area contributed by atoms with E-state index in [1.165, 1.54) is 29.1 Å². The minimum absolute atomic E-state index is 0.00281. The zero-order valence-corrected chi connectivity index (χ0v) is 18.0. The number of methoxy groups -OCH3 is 1. The van der Waals surface area contributed by atoms with Gasteiger partial charge in [-0.15, -0.1) is 0 Å². The third kappa shape index (κ3) is 3.76. The van der Waals surface area contributed by atoms with Gasteiger partial charge in [0.2, 0.25) is 5.95 Å². The highest BCUT2D eigenvalue weighted by atomic mass is 19.4. The van der Waals surface area contributed by atoms with Crippen molar-refractivity contribution in [2.45, 2.75) is 56.6 Å². The number of hydrogen-bond donors (Lipinski definition) is 0. The van der Waals surface area contributed by atoms with E-state index in [1.807, 2.05) is 30.3 Å². The van der Waals surface area contributed by atoms with Crippen LogP contribution in [0.4, 0.5) is 24.9 Å². The molecule has 172 valence electrons. The lowest BCUT2D eigenvalue weighted by molar-refractivity contribution is -0.153. The second-order valence-corrected chi connectivity index (χ2v) is 9.02. The molecule has 0 amide bonds. The predicted molar refractivity (Wildman–Crippen MR) is 115 cm³/mol. The summed E-state index contributed by atoms with van der Waals surface area (Å²) in [5, 5.41) is 0. The van der Waals surface area contributed by atoms with Crippen molar-refractivity contribution in [3.05, 3.63) is 52.3 Å². The van der Waals surface area contributed by atoms with E-state index in [4.69, 9.17) is 4.74 Å². The van der Waals surface area contributed by atoms with Gasteiger partial charge in [0.1, 0.15) is 11.9 Å². The number of halogens is 3. The molecule has 4 atom stereocenters. The van der Waals surface area contributed by atoms with Crippen molar-refractivity contribution in [1.82, 2.24) is 9.55 Å². The summed E-state index contributed by atoms with van der Waals surface area (Å²) >= 11 is 0. The average Bonchev–Trinajstić information content (AvgIpc) is 3.41. The van der Waals surface area contributed by atoms with Gasteiger partial charge in [-0.05, 0) is 37.2 Å². The Labute approximate surface area is 184 Å². The molecule has 2 aromatic rings. The molecule has 1 saturated carbocycles. The molecule has 1 aliphatic carbocycles. The van der Waals surface area contributed by atoms with Crippen molar-refractivity contribution in [2.24, 2.45) is 5.92 Å². The van der Waals surface area contributed by atoms with Gasteiger partial charge >= 0.3 is 6.18 Å². The van der Waals surface area contributed by atoms with E-state index >= 15 is 0 Å². The molecule has 0 spiro atoms. The lowest BCUT2D eigenvalue weighted by atomic mass is 10.1. The Bertz CT molecular complexity index is 1030. The highest BCUT2D eigenvalue weighted by Gasteiger charge is 2.48. The second-order valence-electron chi connectivity index (χ2n) is 9.02. The van der Waals surface area contributed by atoms with E-state index < -0.39 is 18.3 Å². The Morgan fingerprint density at radius 1 is 1.19 bits per heavy atom. The van der Waals surface area contributed by atoms with E-state index in [0.29, 0.717) is 17.8 Å². The molecule has 2 fully saturated rings. The number of alkyl halides is 3. The SMILES string of the molecule is CO[C@H](CN1c2nc(N3C[C@H]4CC[C@@H]3C4)cc(=O)n2CC[C@H]1C(F)(F)F)c1ccccc1. The summed E-state index contributed by atoms with van der Waals surface area (Å²) in [4.78, 5) is 20.9. The zero-order valence-electron chi connectivity index (χ0n) is 18.0. The average molecular weight is 448 g/mol. The molecule has 1 saturated heterocycles. The third-order valence-corrected chi connectivity index (χ3v) is 7.13. The fourth-order valence-corrected chi connectivity index (χ4v) is 5.52. The number of fused-ring (bicyclic) bond motifs is 3. The van der Waals surface area contributed by atoms with E-state index in [-0.39, 0.29) is 31.0 Å². The molecular formula is C23H27F3N4O2. The molecule has 2 aliphatic heterocycles. The van der Waals surface area contributed by atoms with Gasteiger partial charge in [0, 0.05) is 32.3 Å². The number of aromatic nitrogens is 2. The molecule has 5 rings (SSSR count). The quantitative estimate of drug-likeness (QED) is 0.697. The van der Waals surface area contributed by atoms with Gasteiger partial charge < -0.3 is 14.5 Å². The molecule has 0 radical (unpaired) electrons. The van der Waals surface area contributed by atoms with Gasteiger partial charge in [0.25, 0.3) is 5.56 Å². The summed E-state index contributed by atoms with van der Waals surface area (Å²) in [6, 6.07) is 9.26. The lowest BCUT2D eigenvalue weighted by Gasteiger charge is -2.41. The van der Waals surface area contributed by atoms with E-state index in [9.17, 15) is 18.0 Å². The zero-order chi connectivity index (χ0) is 22.5. The number of ether oxygens (including phenoxy) is 1. The van der Waals surface area contributed by atoms with Gasteiger partial charge in [0.05, 0.1) is 12.6 Å². The molecule has 3 aliphatic rings. The number of rotatable bonds is 5. The highest BCUT2D eigenvalue weighted by Crippen LogP contribution is 2.41. The van der Waals surface area contributed by atoms with Crippen LogP contribution in [-0.2, 0) is 11.3 Å². The van der Waals surface area contributed by atoms with Crippen LogP contribution in [0.2, 0.25) is 0 Å². The van der Waals surface area contributed by atoms with Crippen LogP contribution in [0.1, 0.15) is 37.4 Å². The molecule has 9 heteroatoms.